The standard InChI is InChI=1S/C18H15FO3/c19-14-6-4-5-13(11-14)17-10-9-16(22-18(17)20)12-21-15-7-2-1-3-8-15/h1-8,10-11,16H,9,12H2. The molecule has 1 heterocycles. The predicted octanol–water partition coefficient (Wildman–Crippen LogP) is 3.60. The van der Waals surface area contributed by atoms with Gasteiger partial charge in [0.15, 0.2) is 0 Å². The lowest BCUT2D eigenvalue weighted by atomic mass is 10.0. The highest BCUT2D eigenvalue weighted by atomic mass is 19.1. The summed E-state index contributed by atoms with van der Waals surface area (Å²) in [6.07, 6.45) is 1.99. The largest absolute Gasteiger partial charge is 0.490 e. The summed E-state index contributed by atoms with van der Waals surface area (Å²) in [4.78, 5) is 12.1. The van der Waals surface area contributed by atoms with E-state index in [0.29, 0.717) is 24.2 Å². The molecule has 0 fully saturated rings. The van der Waals surface area contributed by atoms with Gasteiger partial charge in [-0.15, -0.1) is 0 Å². The van der Waals surface area contributed by atoms with Crippen molar-refractivity contribution in [2.45, 2.75) is 12.5 Å². The number of ether oxygens (including phenoxy) is 2. The van der Waals surface area contributed by atoms with Gasteiger partial charge in [-0.05, 0) is 29.8 Å². The SMILES string of the molecule is O=C1OC(COc2ccccc2)CC=C1c1cccc(F)c1. The molecular formula is C18H15FO3. The quantitative estimate of drug-likeness (QED) is 0.809. The van der Waals surface area contributed by atoms with Gasteiger partial charge in [0.2, 0.25) is 0 Å². The molecule has 3 rings (SSSR count). The Kier molecular flexibility index (Phi) is 4.19. The van der Waals surface area contributed by atoms with Crippen molar-refractivity contribution >= 4 is 11.5 Å². The van der Waals surface area contributed by atoms with Crippen molar-refractivity contribution in [1.82, 2.24) is 0 Å². The predicted molar refractivity (Wildman–Crippen MR) is 80.8 cm³/mol. The van der Waals surface area contributed by atoms with Gasteiger partial charge < -0.3 is 9.47 Å². The number of hydrogen-bond donors (Lipinski definition) is 0. The van der Waals surface area contributed by atoms with Gasteiger partial charge in [-0.1, -0.05) is 36.4 Å². The van der Waals surface area contributed by atoms with Crippen molar-refractivity contribution in [2.75, 3.05) is 6.61 Å². The monoisotopic (exact) mass is 298 g/mol. The number of benzene rings is 2. The van der Waals surface area contributed by atoms with Gasteiger partial charge in [-0.25, -0.2) is 9.18 Å². The molecule has 1 atom stereocenters. The van der Waals surface area contributed by atoms with Crippen LogP contribution in [0.1, 0.15) is 12.0 Å². The van der Waals surface area contributed by atoms with E-state index >= 15 is 0 Å². The summed E-state index contributed by atoms with van der Waals surface area (Å²) in [5.74, 6) is -0.0855. The molecule has 0 aliphatic carbocycles. The van der Waals surface area contributed by atoms with Crippen molar-refractivity contribution in [3.8, 4) is 5.75 Å². The number of carbonyl (C=O) groups excluding carboxylic acids is 1. The molecule has 1 unspecified atom stereocenters. The van der Waals surface area contributed by atoms with Gasteiger partial charge in [0.05, 0.1) is 5.57 Å². The second kappa shape index (κ2) is 6.43. The molecule has 1 aliphatic rings. The van der Waals surface area contributed by atoms with E-state index in [1.807, 2.05) is 30.3 Å². The number of carbonyl (C=O) groups is 1. The first-order valence-corrected chi connectivity index (χ1v) is 7.07. The van der Waals surface area contributed by atoms with Crippen molar-refractivity contribution in [1.29, 1.82) is 0 Å². The highest BCUT2D eigenvalue weighted by molar-refractivity contribution is 6.17. The molecule has 0 spiro atoms. The Hall–Kier alpha value is -2.62. The molecule has 0 amide bonds. The lowest BCUT2D eigenvalue weighted by Crippen LogP contribution is -2.28. The van der Waals surface area contributed by atoms with Gasteiger partial charge in [-0.2, -0.15) is 0 Å². The number of hydrogen-bond acceptors (Lipinski definition) is 3. The molecule has 1 aliphatic heterocycles. The van der Waals surface area contributed by atoms with Crippen LogP contribution >= 0.6 is 0 Å². The topological polar surface area (TPSA) is 35.5 Å². The third-order valence-electron chi connectivity index (χ3n) is 3.39. The molecule has 112 valence electrons. The number of cyclic esters (lactones) is 1. The second-order valence-corrected chi connectivity index (χ2v) is 5.02. The minimum atomic E-state index is -0.446. The zero-order chi connectivity index (χ0) is 15.4. The van der Waals surface area contributed by atoms with Crippen LogP contribution < -0.4 is 4.74 Å². The van der Waals surface area contributed by atoms with Gasteiger partial charge in [0.25, 0.3) is 0 Å². The van der Waals surface area contributed by atoms with Crippen LogP contribution in [-0.4, -0.2) is 18.7 Å². The van der Waals surface area contributed by atoms with Crippen molar-refractivity contribution < 1.29 is 18.7 Å². The highest BCUT2D eigenvalue weighted by Crippen LogP contribution is 2.24. The summed E-state index contributed by atoms with van der Waals surface area (Å²) in [6, 6.07) is 15.3. The zero-order valence-electron chi connectivity index (χ0n) is 11.9. The van der Waals surface area contributed by atoms with Crippen molar-refractivity contribution in [2.24, 2.45) is 0 Å². The number of halogens is 1. The Labute approximate surface area is 128 Å². The van der Waals surface area contributed by atoms with Crippen LogP contribution in [0.15, 0.2) is 60.7 Å². The Morgan fingerprint density at radius 1 is 1.14 bits per heavy atom. The molecule has 0 radical (unpaired) electrons. The van der Waals surface area contributed by atoms with Crippen LogP contribution in [0, 0.1) is 5.82 Å². The molecule has 2 aromatic rings. The van der Waals surface area contributed by atoms with Crippen LogP contribution in [0.4, 0.5) is 4.39 Å². The van der Waals surface area contributed by atoms with Crippen molar-refractivity contribution in [3.63, 3.8) is 0 Å². The van der Waals surface area contributed by atoms with Crippen LogP contribution in [0.2, 0.25) is 0 Å². The maximum absolute atomic E-state index is 13.2. The van der Waals surface area contributed by atoms with E-state index in [0.717, 1.165) is 5.75 Å². The minimum absolute atomic E-state index is 0.294. The second-order valence-electron chi connectivity index (χ2n) is 5.02. The molecule has 3 nitrogen and oxygen atoms in total. The van der Waals surface area contributed by atoms with E-state index in [1.54, 1.807) is 18.2 Å². The Bertz CT molecular complexity index is 694. The summed E-state index contributed by atoms with van der Waals surface area (Å²) >= 11 is 0. The lowest BCUT2D eigenvalue weighted by molar-refractivity contribution is -0.144. The summed E-state index contributed by atoms with van der Waals surface area (Å²) < 4.78 is 24.2. The summed E-state index contributed by atoms with van der Waals surface area (Å²) in [5, 5.41) is 0. The molecule has 0 saturated heterocycles. The van der Waals surface area contributed by atoms with Crippen LogP contribution in [0.3, 0.4) is 0 Å². The van der Waals surface area contributed by atoms with Crippen LogP contribution in [0.5, 0.6) is 5.75 Å². The fraction of sp³-hybridized carbons (Fsp3) is 0.167. The van der Waals surface area contributed by atoms with Gasteiger partial charge in [0.1, 0.15) is 24.3 Å². The minimum Gasteiger partial charge on any atom is -0.490 e. The van der Waals surface area contributed by atoms with E-state index in [-0.39, 0.29) is 11.9 Å². The molecule has 0 saturated carbocycles. The first-order chi connectivity index (χ1) is 10.7. The third kappa shape index (κ3) is 3.34. The van der Waals surface area contributed by atoms with Crippen LogP contribution in [0.25, 0.3) is 5.57 Å². The van der Waals surface area contributed by atoms with Crippen LogP contribution in [-0.2, 0) is 9.53 Å². The van der Waals surface area contributed by atoms with Gasteiger partial charge in [0, 0.05) is 6.42 Å². The molecule has 4 heteroatoms. The summed E-state index contributed by atoms with van der Waals surface area (Å²) in [5.41, 5.74) is 0.933. The Morgan fingerprint density at radius 2 is 1.95 bits per heavy atom. The van der Waals surface area contributed by atoms with E-state index in [2.05, 4.69) is 0 Å². The number of para-hydroxylation sites is 1. The zero-order valence-corrected chi connectivity index (χ0v) is 11.9. The Balaban J connectivity index is 1.65. The molecule has 2 aromatic carbocycles. The molecule has 0 aromatic heterocycles. The average Bonchev–Trinajstić information content (AvgIpc) is 2.54. The van der Waals surface area contributed by atoms with Gasteiger partial charge >= 0.3 is 5.97 Å². The van der Waals surface area contributed by atoms with E-state index in [1.165, 1.54) is 12.1 Å². The average molecular weight is 298 g/mol. The molecule has 0 N–H and O–H groups in total. The normalized spacial score (nSPS) is 17.6. The van der Waals surface area contributed by atoms with Crippen molar-refractivity contribution in [3.05, 3.63) is 72.1 Å². The summed E-state index contributed by atoms with van der Waals surface area (Å²) in [7, 11) is 0. The maximum atomic E-state index is 13.2. The fourth-order valence-electron chi connectivity index (χ4n) is 2.30. The smallest absolute Gasteiger partial charge is 0.338 e. The molecule has 22 heavy (non-hydrogen) atoms. The number of rotatable bonds is 4. The third-order valence-corrected chi connectivity index (χ3v) is 3.39. The highest BCUT2D eigenvalue weighted by Gasteiger charge is 2.24. The van der Waals surface area contributed by atoms with E-state index < -0.39 is 5.97 Å². The molecule has 0 bridgehead atoms. The summed E-state index contributed by atoms with van der Waals surface area (Å²) in [6.45, 7) is 0.294. The maximum Gasteiger partial charge on any atom is 0.338 e. The van der Waals surface area contributed by atoms with Gasteiger partial charge in [-0.3, -0.25) is 0 Å². The fourth-order valence-corrected chi connectivity index (χ4v) is 2.30. The first kappa shape index (κ1) is 14.3. The lowest BCUT2D eigenvalue weighted by Gasteiger charge is -2.22. The Morgan fingerprint density at radius 3 is 2.68 bits per heavy atom. The first-order valence-electron chi connectivity index (χ1n) is 7.07. The van der Waals surface area contributed by atoms with E-state index in [9.17, 15) is 9.18 Å². The van der Waals surface area contributed by atoms with E-state index in [4.69, 9.17) is 9.47 Å². The molecular weight excluding hydrogens is 283 g/mol. The number of esters is 1.